The van der Waals surface area contributed by atoms with Crippen LogP contribution in [0.25, 0.3) is 43.8 Å². The normalized spacial score (nSPS) is 11.4. The molecule has 35 heavy (non-hydrogen) atoms. The van der Waals surface area contributed by atoms with Gasteiger partial charge in [-0.05, 0) is 80.2 Å². The highest BCUT2D eigenvalue weighted by molar-refractivity contribution is 6.66. The molecule has 7 rings (SSSR count). The van der Waals surface area contributed by atoms with Crippen LogP contribution in [0.2, 0.25) is 0 Å². The molecule has 0 bridgehead atoms. The smallest absolute Gasteiger partial charge is 0.522 e. The zero-order valence-corrected chi connectivity index (χ0v) is 19.0. The average Bonchev–Trinajstić information content (AvgIpc) is 3.23. The van der Waals surface area contributed by atoms with Gasteiger partial charge in [-0.25, -0.2) is 0 Å². The molecule has 0 atom stereocenters. The maximum absolute atomic E-state index is 6.43. The lowest BCUT2D eigenvalue weighted by Gasteiger charge is -2.19. The summed E-state index contributed by atoms with van der Waals surface area (Å²) < 4.78 is 12.9. The number of benzene rings is 6. The van der Waals surface area contributed by atoms with E-state index in [9.17, 15) is 0 Å². The van der Waals surface area contributed by atoms with Gasteiger partial charge in [0.15, 0.2) is 0 Å². The van der Waals surface area contributed by atoms with E-state index < -0.39 is 7.12 Å². The second-order valence-corrected chi connectivity index (χ2v) is 8.87. The number of hydrogen-bond donors (Lipinski definition) is 0. The van der Waals surface area contributed by atoms with Crippen LogP contribution in [-0.4, -0.2) is 7.12 Å². The van der Waals surface area contributed by atoms with Crippen molar-refractivity contribution < 1.29 is 9.31 Å². The molecule has 2 nitrogen and oxygen atoms in total. The molecule has 6 aromatic rings. The van der Waals surface area contributed by atoms with Crippen molar-refractivity contribution in [2.24, 2.45) is 0 Å². The third-order valence-corrected chi connectivity index (χ3v) is 6.77. The maximum Gasteiger partial charge on any atom is 0.633 e. The van der Waals surface area contributed by atoms with Crippen molar-refractivity contribution in [1.82, 2.24) is 0 Å². The molecular weight excluding hydrogens is 427 g/mol. The molecule has 6 aromatic carbocycles. The molecule has 0 saturated heterocycles. The Kier molecular flexibility index (Phi) is 4.59. The van der Waals surface area contributed by atoms with Crippen LogP contribution < -0.4 is 14.8 Å². The van der Waals surface area contributed by atoms with Gasteiger partial charge in [-0.3, -0.25) is 0 Å². The van der Waals surface area contributed by atoms with Crippen LogP contribution in [0.4, 0.5) is 0 Å². The minimum atomic E-state index is -0.591. The fraction of sp³-hybridized carbons (Fsp3) is 0. The van der Waals surface area contributed by atoms with Crippen molar-refractivity contribution in [2.75, 3.05) is 0 Å². The van der Waals surface area contributed by atoms with E-state index in [4.69, 9.17) is 9.31 Å². The SMILES string of the molecule is c1ccc(OB(Oc2ccccc2)c2ccc3c4c(cccc24)-c2cc4ccccc4cc2-3)cc1. The Hall–Kier alpha value is -4.50. The molecule has 0 fully saturated rings. The third-order valence-electron chi connectivity index (χ3n) is 6.77. The van der Waals surface area contributed by atoms with Crippen LogP contribution in [0.5, 0.6) is 11.5 Å². The molecule has 3 heteroatoms. The Morgan fingerprint density at radius 3 is 1.57 bits per heavy atom. The van der Waals surface area contributed by atoms with Crippen molar-refractivity contribution in [3.05, 3.63) is 127 Å². The molecular formula is C32H21BO2. The first-order valence-electron chi connectivity index (χ1n) is 11.9. The van der Waals surface area contributed by atoms with Crippen molar-refractivity contribution in [3.8, 4) is 33.8 Å². The Balaban J connectivity index is 1.41. The minimum absolute atomic E-state index is 0.591. The highest BCUT2D eigenvalue weighted by Crippen LogP contribution is 2.48. The summed E-state index contributed by atoms with van der Waals surface area (Å²) in [6.45, 7) is 0. The lowest BCUT2D eigenvalue weighted by Crippen LogP contribution is -2.43. The summed E-state index contributed by atoms with van der Waals surface area (Å²) in [6, 6.07) is 43.8. The van der Waals surface area contributed by atoms with Gasteiger partial charge in [0, 0.05) is 5.46 Å². The van der Waals surface area contributed by atoms with E-state index in [2.05, 4.69) is 66.7 Å². The second-order valence-electron chi connectivity index (χ2n) is 8.87. The van der Waals surface area contributed by atoms with Gasteiger partial charge in [0.05, 0.1) is 0 Å². The summed E-state index contributed by atoms with van der Waals surface area (Å²) >= 11 is 0. The van der Waals surface area contributed by atoms with Crippen LogP contribution in [-0.2, 0) is 0 Å². The molecule has 0 amide bonds. The van der Waals surface area contributed by atoms with E-state index in [-0.39, 0.29) is 0 Å². The summed E-state index contributed by atoms with van der Waals surface area (Å²) in [5.41, 5.74) is 6.10. The molecule has 0 radical (unpaired) electrons. The summed E-state index contributed by atoms with van der Waals surface area (Å²) in [7, 11) is -0.591. The molecule has 0 unspecified atom stereocenters. The van der Waals surface area contributed by atoms with E-state index in [0.29, 0.717) is 0 Å². The van der Waals surface area contributed by atoms with Crippen molar-refractivity contribution >= 4 is 34.1 Å². The lowest BCUT2D eigenvalue weighted by atomic mass is 9.74. The van der Waals surface area contributed by atoms with Crippen molar-refractivity contribution in [1.29, 1.82) is 0 Å². The van der Waals surface area contributed by atoms with Crippen LogP contribution >= 0.6 is 0 Å². The summed E-state index contributed by atoms with van der Waals surface area (Å²) in [5.74, 6) is 1.54. The Bertz CT molecular complexity index is 1600. The first-order valence-corrected chi connectivity index (χ1v) is 11.9. The Labute approximate surface area is 204 Å². The highest BCUT2D eigenvalue weighted by Gasteiger charge is 2.32. The minimum Gasteiger partial charge on any atom is -0.522 e. The van der Waals surface area contributed by atoms with E-state index in [1.165, 1.54) is 38.4 Å². The second kappa shape index (κ2) is 8.07. The fourth-order valence-corrected chi connectivity index (χ4v) is 5.17. The predicted octanol–water partition coefficient (Wildman–Crippen LogP) is 7.49. The van der Waals surface area contributed by atoms with Gasteiger partial charge in [0.1, 0.15) is 11.5 Å². The molecule has 1 aliphatic rings. The number of fused-ring (bicyclic) bond motifs is 4. The van der Waals surface area contributed by atoms with Gasteiger partial charge in [0.2, 0.25) is 0 Å². The Morgan fingerprint density at radius 1 is 0.429 bits per heavy atom. The van der Waals surface area contributed by atoms with E-state index >= 15 is 0 Å². The molecule has 1 aliphatic carbocycles. The standard InChI is InChI=1S/C32H21BO2/c1-3-12-24(13-4-1)34-33(35-25-14-5-2-6-15-25)31-19-18-27-30-21-23-11-8-7-10-22(23)20-29(30)26-16-9-17-28(31)32(26)27/h1-21H. The number of para-hydroxylation sites is 2. The van der Waals surface area contributed by atoms with Gasteiger partial charge in [-0.1, -0.05) is 91.0 Å². The van der Waals surface area contributed by atoms with Crippen LogP contribution in [0.1, 0.15) is 0 Å². The zero-order valence-electron chi connectivity index (χ0n) is 19.0. The summed E-state index contributed by atoms with van der Waals surface area (Å²) in [6.07, 6.45) is 0. The Morgan fingerprint density at radius 2 is 0.971 bits per heavy atom. The average molecular weight is 448 g/mol. The van der Waals surface area contributed by atoms with Crippen LogP contribution in [0.15, 0.2) is 127 Å². The molecule has 0 saturated carbocycles. The molecule has 164 valence electrons. The van der Waals surface area contributed by atoms with Gasteiger partial charge < -0.3 is 9.31 Å². The molecule has 0 aliphatic heterocycles. The van der Waals surface area contributed by atoms with E-state index in [0.717, 1.165) is 22.3 Å². The predicted molar refractivity (Wildman–Crippen MR) is 145 cm³/mol. The van der Waals surface area contributed by atoms with E-state index in [1.807, 2.05) is 60.7 Å². The fourth-order valence-electron chi connectivity index (χ4n) is 5.17. The molecule has 0 spiro atoms. The summed E-state index contributed by atoms with van der Waals surface area (Å²) in [4.78, 5) is 0. The third kappa shape index (κ3) is 3.36. The lowest BCUT2D eigenvalue weighted by molar-refractivity contribution is 0.439. The maximum atomic E-state index is 6.43. The number of hydrogen-bond acceptors (Lipinski definition) is 2. The zero-order chi connectivity index (χ0) is 23.2. The summed E-state index contributed by atoms with van der Waals surface area (Å²) in [5, 5.41) is 4.92. The molecule has 0 heterocycles. The van der Waals surface area contributed by atoms with Gasteiger partial charge in [0.25, 0.3) is 0 Å². The van der Waals surface area contributed by atoms with Gasteiger partial charge >= 0.3 is 7.12 Å². The van der Waals surface area contributed by atoms with Gasteiger partial charge in [-0.2, -0.15) is 0 Å². The topological polar surface area (TPSA) is 18.5 Å². The first-order chi connectivity index (χ1) is 17.3. The van der Waals surface area contributed by atoms with Crippen LogP contribution in [0, 0.1) is 0 Å². The van der Waals surface area contributed by atoms with Crippen molar-refractivity contribution in [3.63, 3.8) is 0 Å². The largest absolute Gasteiger partial charge is 0.633 e. The molecule has 0 N–H and O–H groups in total. The first kappa shape index (κ1) is 19.9. The van der Waals surface area contributed by atoms with Crippen LogP contribution in [0.3, 0.4) is 0 Å². The van der Waals surface area contributed by atoms with E-state index in [1.54, 1.807) is 0 Å². The quantitative estimate of drug-likeness (QED) is 0.254. The molecule has 0 aromatic heterocycles. The number of rotatable bonds is 5. The highest BCUT2D eigenvalue weighted by atomic mass is 16.6. The van der Waals surface area contributed by atoms with Crippen molar-refractivity contribution in [2.45, 2.75) is 0 Å². The monoisotopic (exact) mass is 448 g/mol. The van der Waals surface area contributed by atoms with Gasteiger partial charge in [-0.15, -0.1) is 0 Å².